The summed E-state index contributed by atoms with van der Waals surface area (Å²) < 4.78 is 0. The van der Waals surface area contributed by atoms with E-state index >= 15 is 0 Å². The van der Waals surface area contributed by atoms with Gasteiger partial charge in [0, 0.05) is 5.56 Å². The Kier molecular flexibility index (Phi) is 1.88. The predicted octanol–water partition coefficient (Wildman–Crippen LogP) is 1.61. The Balaban J connectivity index is 2.71. The summed E-state index contributed by atoms with van der Waals surface area (Å²) >= 11 is 0. The summed E-state index contributed by atoms with van der Waals surface area (Å²) in [5, 5.41) is 2.71. The van der Waals surface area contributed by atoms with Crippen molar-refractivity contribution < 1.29 is 9.59 Å². The molecule has 0 radical (unpaired) electrons. The van der Waals surface area contributed by atoms with E-state index < -0.39 is 0 Å². The number of rotatable bonds is 1. The minimum Gasteiger partial charge on any atom is -0.325 e. The molecule has 1 aromatic carbocycles. The maximum absolute atomic E-state index is 11.2. The average molecular weight is 189 g/mol. The second-order valence-electron chi connectivity index (χ2n) is 3.61. The first-order chi connectivity index (χ1) is 6.63. The summed E-state index contributed by atoms with van der Waals surface area (Å²) in [6, 6.07) is 1.97. The van der Waals surface area contributed by atoms with Crippen LogP contribution in [0.2, 0.25) is 0 Å². The molecular formula is C11H11NO2. The van der Waals surface area contributed by atoms with Crippen molar-refractivity contribution in [2.24, 2.45) is 0 Å². The lowest BCUT2D eigenvalue weighted by atomic mass is 9.98. The fourth-order valence-electron chi connectivity index (χ4n) is 1.81. The van der Waals surface area contributed by atoms with Crippen molar-refractivity contribution in [3.63, 3.8) is 0 Å². The molecule has 1 aromatic rings. The van der Waals surface area contributed by atoms with Crippen LogP contribution in [0.1, 0.15) is 27.0 Å². The number of nitrogens with one attached hydrogen (secondary N) is 1. The van der Waals surface area contributed by atoms with Gasteiger partial charge in [-0.1, -0.05) is 6.07 Å². The number of aldehydes is 1. The minimum absolute atomic E-state index is 0.0342. The third-order valence-corrected chi connectivity index (χ3v) is 2.71. The van der Waals surface area contributed by atoms with Gasteiger partial charge in [0.05, 0.1) is 12.1 Å². The van der Waals surface area contributed by atoms with Gasteiger partial charge in [-0.15, -0.1) is 0 Å². The molecule has 1 N–H and O–H groups in total. The highest BCUT2D eigenvalue weighted by Crippen LogP contribution is 2.30. The van der Waals surface area contributed by atoms with Crippen LogP contribution in [0.5, 0.6) is 0 Å². The smallest absolute Gasteiger partial charge is 0.228 e. The molecule has 0 aliphatic carbocycles. The van der Waals surface area contributed by atoms with E-state index in [1.54, 1.807) is 0 Å². The van der Waals surface area contributed by atoms with E-state index in [2.05, 4.69) is 5.32 Å². The maximum Gasteiger partial charge on any atom is 0.228 e. The van der Waals surface area contributed by atoms with Crippen LogP contribution in [0.4, 0.5) is 5.69 Å². The normalized spacial score (nSPS) is 13.7. The monoisotopic (exact) mass is 189 g/mol. The molecular weight excluding hydrogens is 178 g/mol. The largest absolute Gasteiger partial charge is 0.325 e. The lowest BCUT2D eigenvalue weighted by molar-refractivity contribution is -0.115. The third-order valence-electron chi connectivity index (χ3n) is 2.71. The van der Waals surface area contributed by atoms with Crippen molar-refractivity contribution in [2.45, 2.75) is 20.3 Å². The fraction of sp³-hybridized carbons (Fsp3) is 0.273. The van der Waals surface area contributed by atoms with Gasteiger partial charge in [0.15, 0.2) is 6.29 Å². The van der Waals surface area contributed by atoms with Crippen LogP contribution in [0.3, 0.4) is 0 Å². The van der Waals surface area contributed by atoms with E-state index in [0.717, 1.165) is 23.0 Å². The number of hydrogen-bond acceptors (Lipinski definition) is 2. The summed E-state index contributed by atoms with van der Waals surface area (Å²) in [4.78, 5) is 22.1. The van der Waals surface area contributed by atoms with Crippen LogP contribution in [-0.4, -0.2) is 12.2 Å². The van der Waals surface area contributed by atoms with Crippen LogP contribution in [0, 0.1) is 13.8 Å². The first kappa shape index (κ1) is 8.94. The highest BCUT2D eigenvalue weighted by molar-refractivity contribution is 6.04. The zero-order valence-electron chi connectivity index (χ0n) is 8.18. The molecule has 3 heteroatoms. The molecule has 0 atom stereocenters. The summed E-state index contributed by atoms with van der Waals surface area (Å²) in [6.45, 7) is 3.84. The van der Waals surface area contributed by atoms with Crippen molar-refractivity contribution in [2.75, 3.05) is 5.32 Å². The highest BCUT2D eigenvalue weighted by atomic mass is 16.1. The van der Waals surface area contributed by atoms with Crippen molar-refractivity contribution in [3.05, 3.63) is 28.3 Å². The molecule has 0 spiro atoms. The Morgan fingerprint density at radius 3 is 2.79 bits per heavy atom. The zero-order valence-corrected chi connectivity index (χ0v) is 8.18. The van der Waals surface area contributed by atoms with Gasteiger partial charge in [-0.25, -0.2) is 0 Å². The second kappa shape index (κ2) is 2.94. The van der Waals surface area contributed by atoms with Gasteiger partial charge in [0.2, 0.25) is 5.91 Å². The number of carbonyl (C=O) groups excluding carboxylic acids is 2. The molecule has 1 aliphatic rings. The SMILES string of the molecule is Cc1cc2c(c(C=O)c1C)NC(=O)C2. The molecule has 0 fully saturated rings. The van der Waals surface area contributed by atoms with Gasteiger partial charge in [0.1, 0.15) is 0 Å². The topological polar surface area (TPSA) is 46.2 Å². The lowest BCUT2D eigenvalue weighted by Crippen LogP contribution is -2.05. The predicted molar refractivity (Wildman–Crippen MR) is 53.6 cm³/mol. The van der Waals surface area contributed by atoms with E-state index in [1.807, 2.05) is 19.9 Å². The maximum atomic E-state index is 11.2. The van der Waals surface area contributed by atoms with Gasteiger partial charge >= 0.3 is 0 Å². The van der Waals surface area contributed by atoms with Crippen LogP contribution in [0.25, 0.3) is 0 Å². The van der Waals surface area contributed by atoms with E-state index in [0.29, 0.717) is 17.7 Å². The summed E-state index contributed by atoms with van der Waals surface area (Å²) in [6.07, 6.45) is 1.20. The van der Waals surface area contributed by atoms with Crippen LogP contribution < -0.4 is 5.32 Å². The van der Waals surface area contributed by atoms with E-state index in [9.17, 15) is 9.59 Å². The summed E-state index contributed by atoms with van der Waals surface area (Å²) in [7, 11) is 0. The molecule has 14 heavy (non-hydrogen) atoms. The summed E-state index contributed by atoms with van der Waals surface area (Å²) in [5.74, 6) is -0.0342. The molecule has 2 rings (SSSR count). The van der Waals surface area contributed by atoms with Crippen LogP contribution in [-0.2, 0) is 11.2 Å². The molecule has 0 saturated heterocycles. The van der Waals surface area contributed by atoms with Crippen molar-refractivity contribution in [1.82, 2.24) is 0 Å². The number of aryl methyl sites for hydroxylation is 1. The molecule has 1 aliphatic heterocycles. The third kappa shape index (κ3) is 1.13. The van der Waals surface area contributed by atoms with Gasteiger partial charge in [-0.3, -0.25) is 9.59 Å². The van der Waals surface area contributed by atoms with E-state index in [-0.39, 0.29) is 5.91 Å². The summed E-state index contributed by atoms with van der Waals surface area (Å²) in [5.41, 5.74) is 4.25. The molecule has 1 amide bonds. The molecule has 1 heterocycles. The molecule has 0 bridgehead atoms. The number of anilines is 1. The zero-order chi connectivity index (χ0) is 10.3. The van der Waals surface area contributed by atoms with Crippen LogP contribution >= 0.6 is 0 Å². The number of carbonyl (C=O) groups is 2. The Labute approximate surface area is 82.1 Å². The number of benzene rings is 1. The van der Waals surface area contributed by atoms with E-state index in [1.165, 1.54) is 0 Å². The first-order valence-corrected chi connectivity index (χ1v) is 4.51. The number of fused-ring (bicyclic) bond motifs is 1. The molecule has 0 unspecified atom stereocenters. The van der Waals surface area contributed by atoms with Crippen molar-refractivity contribution in [1.29, 1.82) is 0 Å². The molecule has 0 saturated carbocycles. The van der Waals surface area contributed by atoms with Crippen LogP contribution in [0.15, 0.2) is 6.07 Å². The van der Waals surface area contributed by atoms with Gasteiger partial charge in [-0.05, 0) is 30.5 Å². The van der Waals surface area contributed by atoms with Crippen molar-refractivity contribution in [3.8, 4) is 0 Å². The first-order valence-electron chi connectivity index (χ1n) is 4.51. The Bertz CT molecular complexity index is 435. The van der Waals surface area contributed by atoms with Crippen molar-refractivity contribution >= 4 is 17.9 Å². The Morgan fingerprint density at radius 1 is 1.43 bits per heavy atom. The number of hydrogen-bond donors (Lipinski definition) is 1. The average Bonchev–Trinajstić information content (AvgIpc) is 2.47. The number of amides is 1. The van der Waals surface area contributed by atoms with Gasteiger partial charge in [0.25, 0.3) is 0 Å². The molecule has 0 aromatic heterocycles. The standard InChI is InChI=1S/C11H11NO2/c1-6-3-8-4-10(14)12-11(8)9(5-13)7(6)2/h3,5H,4H2,1-2H3,(H,12,14). The molecule has 72 valence electrons. The quantitative estimate of drug-likeness (QED) is 0.682. The minimum atomic E-state index is -0.0342. The van der Waals surface area contributed by atoms with Gasteiger partial charge in [-0.2, -0.15) is 0 Å². The second-order valence-corrected chi connectivity index (χ2v) is 3.61. The van der Waals surface area contributed by atoms with Gasteiger partial charge < -0.3 is 5.32 Å². The molecule has 3 nitrogen and oxygen atoms in total. The fourth-order valence-corrected chi connectivity index (χ4v) is 1.81. The Hall–Kier alpha value is -1.64. The highest BCUT2D eigenvalue weighted by Gasteiger charge is 2.22. The Morgan fingerprint density at radius 2 is 2.14 bits per heavy atom. The van der Waals surface area contributed by atoms with E-state index in [4.69, 9.17) is 0 Å². The lowest BCUT2D eigenvalue weighted by Gasteiger charge is -2.08.